The molecule has 0 aliphatic carbocycles. The number of hydrogen-bond donors (Lipinski definition) is 1. The number of rotatable bonds is 2. The molecule has 16 heavy (non-hydrogen) atoms. The van der Waals surface area contributed by atoms with Gasteiger partial charge in [0.05, 0.1) is 15.7 Å². The smallest absolute Gasteiger partial charge is 0.163 e. The van der Waals surface area contributed by atoms with E-state index in [1.165, 1.54) is 0 Å². The summed E-state index contributed by atoms with van der Waals surface area (Å²) in [4.78, 5) is 0. The van der Waals surface area contributed by atoms with E-state index in [0.29, 0.717) is 15.7 Å². The maximum atomic E-state index is 5.96. The van der Waals surface area contributed by atoms with E-state index in [-0.39, 0.29) is 0 Å². The largest absolute Gasteiger partial charge is 0.396 e. The molecule has 0 aliphatic rings. The molecule has 0 saturated heterocycles. The molecule has 2 rings (SSSR count). The standard InChI is InChI=1S/C10H10Cl2N4/c1-2-16-5-14-15-10(16)6-3-7(11)9(13)8(12)4-6/h3-5H,2,13H2,1H3. The summed E-state index contributed by atoms with van der Waals surface area (Å²) in [5.41, 5.74) is 6.86. The van der Waals surface area contributed by atoms with Crippen molar-refractivity contribution in [1.29, 1.82) is 0 Å². The topological polar surface area (TPSA) is 56.7 Å². The lowest BCUT2D eigenvalue weighted by atomic mass is 10.2. The maximum absolute atomic E-state index is 5.96. The van der Waals surface area contributed by atoms with Gasteiger partial charge in [-0.25, -0.2) is 0 Å². The van der Waals surface area contributed by atoms with Gasteiger partial charge in [0.1, 0.15) is 6.33 Å². The zero-order valence-electron chi connectivity index (χ0n) is 8.61. The second-order valence-electron chi connectivity index (χ2n) is 3.29. The fraction of sp³-hybridized carbons (Fsp3) is 0.200. The van der Waals surface area contributed by atoms with E-state index < -0.39 is 0 Å². The number of nitrogen functional groups attached to an aromatic ring is 1. The van der Waals surface area contributed by atoms with Crippen molar-refractivity contribution in [3.8, 4) is 11.4 Å². The highest BCUT2D eigenvalue weighted by molar-refractivity contribution is 6.39. The van der Waals surface area contributed by atoms with Gasteiger partial charge in [-0.05, 0) is 19.1 Å². The Morgan fingerprint density at radius 1 is 1.31 bits per heavy atom. The van der Waals surface area contributed by atoms with Crippen molar-refractivity contribution < 1.29 is 0 Å². The fourth-order valence-corrected chi connectivity index (χ4v) is 1.91. The Labute approximate surface area is 103 Å². The van der Waals surface area contributed by atoms with Gasteiger partial charge in [-0.15, -0.1) is 10.2 Å². The third-order valence-corrected chi connectivity index (χ3v) is 2.92. The summed E-state index contributed by atoms with van der Waals surface area (Å²) in [6.07, 6.45) is 1.66. The monoisotopic (exact) mass is 256 g/mol. The lowest BCUT2D eigenvalue weighted by molar-refractivity contribution is 0.767. The summed E-state index contributed by atoms with van der Waals surface area (Å²) in [5.74, 6) is 0.728. The molecule has 0 spiro atoms. The van der Waals surface area contributed by atoms with Crippen molar-refractivity contribution in [1.82, 2.24) is 14.8 Å². The third-order valence-electron chi connectivity index (χ3n) is 2.29. The van der Waals surface area contributed by atoms with Crippen LogP contribution in [0.5, 0.6) is 0 Å². The molecule has 0 saturated carbocycles. The third kappa shape index (κ3) is 1.86. The van der Waals surface area contributed by atoms with Gasteiger partial charge in [-0.1, -0.05) is 23.2 Å². The van der Waals surface area contributed by atoms with Crippen LogP contribution in [0.4, 0.5) is 5.69 Å². The highest BCUT2D eigenvalue weighted by atomic mass is 35.5. The molecule has 6 heteroatoms. The molecule has 84 valence electrons. The number of aromatic nitrogens is 3. The van der Waals surface area contributed by atoms with Crippen molar-refractivity contribution in [3.63, 3.8) is 0 Å². The predicted molar refractivity (Wildman–Crippen MR) is 65.6 cm³/mol. The summed E-state index contributed by atoms with van der Waals surface area (Å²) in [5, 5.41) is 8.72. The molecule has 1 aromatic carbocycles. The highest BCUT2D eigenvalue weighted by Crippen LogP contribution is 2.32. The summed E-state index contributed by atoms with van der Waals surface area (Å²) >= 11 is 11.9. The van der Waals surface area contributed by atoms with Crippen LogP contribution in [-0.2, 0) is 6.54 Å². The Balaban J connectivity index is 2.57. The van der Waals surface area contributed by atoms with Gasteiger partial charge in [-0.3, -0.25) is 0 Å². The number of halogens is 2. The molecular formula is C10H10Cl2N4. The molecular weight excluding hydrogens is 247 g/mol. The van der Waals surface area contributed by atoms with Crippen molar-refractivity contribution in [2.45, 2.75) is 13.5 Å². The van der Waals surface area contributed by atoms with Gasteiger partial charge in [0, 0.05) is 12.1 Å². The Morgan fingerprint density at radius 3 is 2.50 bits per heavy atom. The average Bonchev–Trinajstić information content (AvgIpc) is 2.73. The Bertz CT molecular complexity index is 498. The fourth-order valence-electron chi connectivity index (χ4n) is 1.42. The molecule has 1 aromatic heterocycles. The van der Waals surface area contributed by atoms with Crippen LogP contribution in [0.1, 0.15) is 6.92 Å². The van der Waals surface area contributed by atoms with Gasteiger partial charge in [0.15, 0.2) is 5.82 Å². The predicted octanol–water partition coefficient (Wildman–Crippen LogP) is 2.85. The van der Waals surface area contributed by atoms with Gasteiger partial charge in [0.25, 0.3) is 0 Å². The van der Waals surface area contributed by atoms with E-state index in [4.69, 9.17) is 28.9 Å². The minimum absolute atomic E-state index is 0.384. The Morgan fingerprint density at radius 2 is 1.94 bits per heavy atom. The maximum Gasteiger partial charge on any atom is 0.163 e. The summed E-state index contributed by atoms with van der Waals surface area (Å²) in [6, 6.07) is 3.47. The van der Waals surface area contributed by atoms with E-state index >= 15 is 0 Å². The van der Waals surface area contributed by atoms with Crippen LogP contribution in [0.3, 0.4) is 0 Å². The van der Waals surface area contributed by atoms with Crippen LogP contribution in [0.2, 0.25) is 10.0 Å². The van der Waals surface area contributed by atoms with Crippen molar-refractivity contribution in [2.24, 2.45) is 0 Å². The minimum Gasteiger partial charge on any atom is -0.396 e. The van der Waals surface area contributed by atoms with E-state index in [1.54, 1.807) is 18.5 Å². The zero-order chi connectivity index (χ0) is 11.7. The molecule has 0 aliphatic heterocycles. The van der Waals surface area contributed by atoms with Gasteiger partial charge < -0.3 is 10.3 Å². The van der Waals surface area contributed by atoms with E-state index in [9.17, 15) is 0 Å². The Kier molecular flexibility index (Phi) is 3.03. The first-order chi connectivity index (χ1) is 7.63. The zero-order valence-corrected chi connectivity index (χ0v) is 10.1. The molecule has 2 aromatic rings. The minimum atomic E-state index is 0.384. The summed E-state index contributed by atoms with van der Waals surface area (Å²) in [6.45, 7) is 2.79. The van der Waals surface area contributed by atoms with Crippen molar-refractivity contribution in [3.05, 3.63) is 28.5 Å². The van der Waals surface area contributed by atoms with E-state index in [0.717, 1.165) is 17.9 Å². The van der Waals surface area contributed by atoms with Gasteiger partial charge in [0.2, 0.25) is 0 Å². The van der Waals surface area contributed by atoms with Crippen molar-refractivity contribution >= 4 is 28.9 Å². The first-order valence-electron chi connectivity index (χ1n) is 4.76. The summed E-state index contributed by atoms with van der Waals surface area (Å²) in [7, 11) is 0. The molecule has 1 heterocycles. The number of hydrogen-bond acceptors (Lipinski definition) is 3. The number of benzene rings is 1. The van der Waals surface area contributed by atoms with E-state index in [1.807, 2.05) is 11.5 Å². The SMILES string of the molecule is CCn1cnnc1-c1cc(Cl)c(N)c(Cl)c1. The van der Waals surface area contributed by atoms with Crippen LogP contribution in [0.25, 0.3) is 11.4 Å². The molecule has 0 amide bonds. The van der Waals surface area contributed by atoms with Gasteiger partial charge in [-0.2, -0.15) is 0 Å². The quantitative estimate of drug-likeness (QED) is 0.841. The number of anilines is 1. The lowest BCUT2D eigenvalue weighted by Gasteiger charge is -2.06. The summed E-state index contributed by atoms with van der Waals surface area (Å²) < 4.78 is 1.90. The first-order valence-corrected chi connectivity index (χ1v) is 5.51. The van der Waals surface area contributed by atoms with Crippen LogP contribution < -0.4 is 5.73 Å². The molecule has 0 bridgehead atoms. The van der Waals surface area contributed by atoms with Crippen LogP contribution in [0.15, 0.2) is 18.5 Å². The van der Waals surface area contributed by atoms with Crippen LogP contribution in [0, 0.1) is 0 Å². The lowest BCUT2D eigenvalue weighted by Crippen LogP contribution is -1.97. The number of nitrogens with two attached hydrogens (primary N) is 1. The molecule has 0 fully saturated rings. The normalized spacial score (nSPS) is 10.7. The molecule has 4 nitrogen and oxygen atoms in total. The number of nitrogens with zero attached hydrogens (tertiary/aromatic N) is 3. The van der Waals surface area contributed by atoms with Crippen molar-refractivity contribution in [2.75, 3.05) is 5.73 Å². The second kappa shape index (κ2) is 4.31. The van der Waals surface area contributed by atoms with Gasteiger partial charge >= 0.3 is 0 Å². The first kappa shape index (κ1) is 11.2. The van der Waals surface area contributed by atoms with E-state index in [2.05, 4.69) is 10.2 Å². The van der Waals surface area contributed by atoms with Crippen LogP contribution in [-0.4, -0.2) is 14.8 Å². The number of aryl methyl sites for hydroxylation is 1. The molecule has 2 N–H and O–H groups in total. The second-order valence-corrected chi connectivity index (χ2v) is 4.11. The highest BCUT2D eigenvalue weighted by Gasteiger charge is 2.10. The molecule has 0 unspecified atom stereocenters. The Hall–Kier alpha value is -1.26. The van der Waals surface area contributed by atoms with Crippen LogP contribution >= 0.6 is 23.2 Å². The average molecular weight is 257 g/mol. The molecule has 0 radical (unpaired) electrons. The molecule has 0 atom stereocenters.